The Kier molecular flexibility index (Phi) is 7.20. The predicted octanol–water partition coefficient (Wildman–Crippen LogP) is 2.59. The van der Waals surface area contributed by atoms with Gasteiger partial charge in [-0.3, -0.25) is 9.78 Å². The number of methoxy groups -OCH3 is 1. The third-order valence-electron chi connectivity index (χ3n) is 6.09. The van der Waals surface area contributed by atoms with Crippen LogP contribution in [0.3, 0.4) is 0 Å². The predicted molar refractivity (Wildman–Crippen MR) is 106 cm³/mol. The van der Waals surface area contributed by atoms with Gasteiger partial charge in [0.1, 0.15) is 5.69 Å². The van der Waals surface area contributed by atoms with E-state index in [9.17, 15) is 18.0 Å². The number of rotatable bonds is 4. The molecule has 0 aromatic carbocycles. The SMILES string of the molecule is CO[C@@H]1CCN(C(=O)c2ccc(C)cn2)[C@@H]2CN(CC3CC3)C[C@@H]21.O=C(O)C(F)(F)F. The molecule has 172 valence electrons. The molecular weight excluding hydrogens is 415 g/mol. The highest BCUT2D eigenvalue weighted by molar-refractivity contribution is 5.92. The Morgan fingerprint density at radius 2 is 1.90 bits per heavy atom. The van der Waals surface area contributed by atoms with Crippen LogP contribution in [-0.2, 0) is 9.53 Å². The Balaban J connectivity index is 0.000000339. The minimum absolute atomic E-state index is 0.0767. The molecule has 4 rings (SSSR count). The Morgan fingerprint density at radius 1 is 1.23 bits per heavy atom. The van der Waals surface area contributed by atoms with Gasteiger partial charge in [0.2, 0.25) is 0 Å². The summed E-state index contributed by atoms with van der Waals surface area (Å²) in [5.74, 6) is -1.37. The van der Waals surface area contributed by atoms with Crippen LogP contribution in [0.15, 0.2) is 18.3 Å². The zero-order valence-electron chi connectivity index (χ0n) is 17.6. The van der Waals surface area contributed by atoms with Crippen molar-refractivity contribution in [1.29, 1.82) is 0 Å². The number of pyridine rings is 1. The van der Waals surface area contributed by atoms with Gasteiger partial charge in [-0.05, 0) is 43.7 Å². The highest BCUT2D eigenvalue weighted by Crippen LogP contribution is 2.36. The van der Waals surface area contributed by atoms with E-state index in [1.54, 1.807) is 6.20 Å². The van der Waals surface area contributed by atoms with E-state index < -0.39 is 12.1 Å². The number of halogens is 3. The molecule has 31 heavy (non-hydrogen) atoms. The number of hydrogen-bond acceptors (Lipinski definition) is 5. The molecule has 0 bridgehead atoms. The number of aryl methyl sites for hydroxylation is 1. The molecule has 2 aliphatic heterocycles. The van der Waals surface area contributed by atoms with Gasteiger partial charge < -0.3 is 19.6 Å². The van der Waals surface area contributed by atoms with E-state index in [-0.39, 0.29) is 18.1 Å². The Hall–Kier alpha value is -2.20. The second-order valence-electron chi connectivity index (χ2n) is 8.48. The lowest BCUT2D eigenvalue weighted by Crippen LogP contribution is -2.53. The van der Waals surface area contributed by atoms with Crippen molar-refractivity contribution in [2.24, 2.45) is 11.8 Å². The van der Waals surface area contributed by atoms with Crippen LogP contribution in [0, 0.1) is 18.8 Å². The molecule has 1 amide bonds. The summed E-state index contributed by atoms with van der Waals surface area (Å²) in [7, 11) is 1.81. The van der Waals surface area contributed by atoms with Crippen molar-refractivity contribution in [1.82, 2.24) is 14.8 Å². The van der Waals surface area contributed by atoms with Crippen molar-refractivity contribution in [2.45, 2.75) is 44.5 Å². The molecule has 2 saturated heterocycles. The molecule has 1 aromatic rings. The van der Waals surface area contributed by atoms with Gasteiger partial charge in [0.25, 0.3) is 5.91 Å². The van der Waals surface area contributed by atoms with Crippen molar-refractivity contribution >= 4 is 11.9 Å². The molecule has 1 aromatic heterocycles. The molecule has 7 nitrogen and oxygen atoms in total. The fraction of sp³-hybridized carbons (Fsp3) is 0.667. The molecule has 0 radical (unpaired) electrons. The van der Waals surface area contributed by atoms with Gasteiger partial charge in [0.05, 0.1) is 12.1 Å². The molecule has 1 saturated carbocycles. The average molecular weight is 443 g/mol. The number of aliphatic carboxylic acids is 1. The number of carboxylic acids is 1. The van der Waals surface area contributed by atoms with E-state index >= 15 is 0 Å². The summed E-state index contributed by atoms with van der Waals surface area (Å²) in [6.45, 7) is 6.00. The van der Waals surface area contributed by atoms with Crippen LogP contribution >= 0.6 is 0 Å². The summed E-state index contributed by atoms with van der Waals surface area (Å²) in [5, 5.41) is 7.12. The lowest BCUT2D eigenvalue weighted by Gasteiger charge is -2.41. The molecule has 1 aliphatic carbocycles. The number of piperidine rings is 1. The first-order valence-corrected chi connectivity index (χ1v) is 10.4. The number of hydrogen-bond donors (Lipinski definition) is 1. The normalized spacial score (nSPS) is 26.1. The lowest BCUT2D eigenvalue weighted by molar-refractivity contribution is -0.192. The number of aromatic nitrogens is 1. The fourth-order valence-electron chi connectivity index (χ4n) is 4.34. The largest absolute Gasteiger partial charge is 0.490 e. The van der Waals surface area contributed by atoms with Gasteiger partial charge in [0, 0.05) is 45.4 Å². The first-order chi connectivity index (χ1) is 14.6. The van der Waals surface area contributed by atoms with Crippen molar-refractivity contribution < 1.29 is 32.6 Å². The van der Waals surface area contributed by atoms with E-state index in [2.05, 4.69) is 14.8 Å². The number of alkyl halides is 3. The first-order valence-electron chi connectivity index (χ1n) is 10.4. The number of ether oxygens (including phenoxy) is 1. The summed E-state index contributed by atoms with van der Waals surface area (Å²) in [6, 6.07) is 4.08. The highest BCUT2D eigenvalue weighted by Gasteiger charge is 2.47. The van der Waals surface area contributed by atoms with Gasteiger partial charge in [-0.2, -0.15) is 13.2 Å². The second-order valence-corrected chi connectivity index (χ2v) is 8.48. The molecule has 10 heteroatoms. The second kappa shape index (κ2) is 9.52. The van der Waals surface area contributed by atoms with E-state index in [0.717, 1.165) is 37.5 Å². The van der Waals surface area contributed by atoms with E-state index in [4.69, 9.17) is 14.6 Å². The van der Waals surface area contributed by atoms with Crippen molar-refractivity contribution in [2.75, 3.05) is 33.3 Å². The first kappa shape index (κ1) is 23.5. The van der Waals surface area contributed by atoms with Crippen LogP contribution < -0.4 is 0 Å². The van der Waals surface area contributed by atoms with Gasteiger partial charge in [0.15, 0.2) is 0 Å². The molecule has 3 heterocycles. The van der Waals surface area contributed by atoms with Crippen LogP contribution in [0.4, 0.5) is 13.2 Å². The third-order valence-corrected chi connectivity index (χ3v) is 6.09. The number of carbonyl (C=O) groups is 2. The maximum atomic E-state index is 13.0. The van der Waals surface area contributed by atoms with Gasteiger partial charge in [-0.15, -0.1) is 0 Å². The average Bonchev–Trinajstić information content (AvgIpc) is 3.42. The molecule has 3 aliphatic rings. The number of likely N-dealkylation sites (tertiary alicyclic amines) is 2. The number of fused-ring (bicyclic) bond motifs is 1. The van der Waals surface area contributed by atoms with Crippen LogP contribution in [0.25, 0.3) is 0 Å². The fourth-order valence-corrected chi connectivity index (χ4v) is 4.34. The van der Waals surface area contributed by atoms with Crippen molar-refractivity contribution in [3.05, 3.63) is 29.6 Å². The molecule has 0 spiro atoms. The summed E-state index contributed by atoms with van der Waals surface area (Å²) >= 11 is 0. The summed E-state index contributed by atoms with van der Waals surface area (Å²) in [6.07, 6.45) is 0.632. The third kappa shape index (κ3) is 5.94. The van der Waals surface area contributed by atoms with E-state index in [1.807, 2.05) is 26.2 Å². The number of carboxylic acid groups (broad SMARTS) is 1. The number of carbonyl (C=O) groups excluding carboxylic acids is 1. The van der Waals surface area contributed by atoms with Crippen LogP contribution in [0.1, 0.15) is 35.3 Å². The number of nitrogens with zero attached hydrogens (tertiary/aromatic N) is 3. The van der Waals surface area contributed by atoms with Crippen molar-refractivity contribution in [3.63, 3.8) is 0 Å². The van der Waals surface area contributed by atoms with Gasteiger partial charge >= 0.3 is 12.1 Å². The Morgan fingerprint density at radius 3 is 2.42 bits per heavy atom. The van der Waals surface area contributed by atoms with Gasteiger partial charge in [-0.25, -0.2) is 4.79 Å². The minimum atomic E-state index is -5.08. The maximum Gasteiger partial charge on any atom is 0.490 e. The summed E-state index contributed by atoms with van der Waals surface area (Å²) < 4.78 is 37.5. The zero-order chi connectivity index (χ0) is 22.8. The molecule has 3 atom stereocenters. The topological polar surface area (TPSA) is 83.0 Å². The highest BCUT2D eigenvalue weighted by atomic mass is 19.4. The zero-order valence-corrected chi connectivity index (χ0v) is 17.6. The monoisotopic (exact) mass is 443 g/mol. The lowest BCUT2D eigenvalue weighted by atomic mass is 9.88. The summed E-state index contributed by atoms with van der Waals surface area (Å²) in [4.78, 5) is 30.8. The van der Waals surface area contributed by atoms with Crippen LogP contribution in [0.2, 0.25) is 0 Å². The van der Waals surface area contributed by atoms with Gasteiger partial charge in [-0.1, -0.05) is 6.07 Å². The maximum absolute atomic E-state index is 13.0. The summed E-state index contributed by atoms with van der Waals surface area (Å²) in [5.41, 5.74) is 1.65. The minimum Gasteiger partial charge on any atom is -0.475 e. The number of amides is 1. The Bertz CT molecular complexity index is 783. The Labute approximate surface area is 179 Å². The molecule has 1 N–H and O–H groups in total. The molecule has 0 unspecified atom stereocenters. The molecule has 3 fully saturated rings. The quantitative estimate of drug-likeness (QED) is 0.770. The standard InChI is InChI=1S/C19H27N3O2.C2HF3O2/c1-13-3-6-16(20-9-13)19(23)22-8-7-18(24-2)15-11-21(12-17(15)22)10-14-4-5-14;3-2(4,5)1(6)7/h3,6,9,14-15,17-18H,4-5,7-8,10-12H2,1-2H3;(H,6,7)/t15-,17+,18+;/m0./s1. The molecular formula is C21H28F3N3O4. The van der Waals surface area contributed by atoms with E-state index in [0.29, 0.717) is 11.6 Å². The van der Waals surface area contributed by atoms with Crippen molar-refractivity contribution in [3.8, 4) is 0 Å². The van der Waals surface area contributed by atoms with Crippen LogP contribution in [0.5, 0.6) is 0 Å². The van der Waals surface area contributed by atoms with E-state index in [1.165, 1.54) is 19.4 Å². The van der Waals surface area contributed by atoms with Crippen LogP contribution in [-0.4, -0.2) is 83.4 Å². The smallest absolute Gasteiger partial charge is 0.475 e.